The van der Waals surface area contributed by atoms with Gasteiger partial charge >= 0.3 is 0 Å². The van der Waals surface area contributed by atoms with Crippen molar-refractivity contribution in [3.05, 3.63) is 23.8 Å². The molecule has 2 aromatic rings. The smallest absolute Gasteiger partial charge is 0.253 e. The molecule has 0 saturated carbocycles. The molecule has 1 saturated heterocycles. The van der Waals surface area contributed by atoms with Gasteiger partial charge in [-0.05, 0) is 30.4 Å². The monoisotopic (exact) mass is 293 g/mol. The maximum Gasteiger partial charge on any atom is 0.253 e. The van der Waals surface area contributed by atoms with Crippen LogP contribution in [0.2, 0.25) is 0 Å². The fraction of sp³-hybridized carbons (Fsp3) is 0.385. The van der Waals surface area contributed by atoms with Gasteiger partial charge in [-0.15, -0.1) is 0 Å². The second kappa shape index (κ2) is 5.38. The summed E-state index contributed by atoms with van der Waals surface area (Å²) < 4.78 is 0.979. The molecule has 1 aliphatic rings. The molecular formula is C13H15N3OS2. The number of hydrogen-bond donors (Lipinski definition) is 1. The SMILES string of the molecule is Nc1nc2ccc(C(=O)N3CCCSCC3)cc2s1. The number of aromatic nitrogens is 1. The van der Waals surface area contributed by atoms with Crippen LogP contribution in [0.4, 0.5) is 5.13 Å². The Balaban J connectivity index is 1.87. The second-order valence-electron chi connectivity index (χ2n) is 4.49. The predicted molar refractivity (Wildman–Crippen MR) is 81.9 cm³/mol. The van der Waals surface area contributed by atoms with Gasteiger partial charge in [0.25, 0.3) is 5.91 Å². The van der Waals surface area contributed by atoms with Crippen molar-refractivity contribution in [1.29, 1.82) is 0 Å². The van der Waals surface area contributed by atoms with Crippen molar-refractivity contribution in [1.82, 2.24) is 9.88 Å². The lowest BCUT2D eigenvalue weighted by molar-refractivity contribution is 0.0768. The van der Waals surface area contributed by atoms with E-state index in [1.54, 1.807) is 0 Å². The third kappa shape index (κ3) is 2.69. The van der Waals surface area contributed by atoms with E-state index in [4.69, 9.17) is 5.73 Å². The molecule has 0 spiro atoms. The highest BCUT2D eigenvalue weighted by Crippen LogP contribution is 2.25. The van der Waals surface area contributed by atoms with Gasteiger partial charge in [0.05, 0.1) is 10.2 Å². The molecule has 2 heterocycles. The summed E-state index contributed by atoms with van der Waals surface area (Å²) in [5.41, 5.74) is 7.29. The summed E-state index contributed by atoms with van der Waals surface area (Å²) >= 11 is 3.35. The van der Waals surface area contributed by atoms with Crippen LogP contribution in [0.15, 0.2) is 18.2 Å². The fourth-order valence-electron chi connectivity index (χ4n) is 2.21. The number of carbonyl (C=O) groups is 1. The van der Waals surface area contributed by atoms with Gasteiger partial charge in [-0.3, -0.25) is 4.79 Å². The summed E-state index contributed by atoms with van der Waals surface area (Å²) in [6.45, 7) is 1.70. The van der Waals surface area contributed by atoms with Gasteiger partial charge in [-0.2, -0.15) is 11.8 Å². The molecule has 1 fully saturated rings. The van der Waals surface area contributed by atoms with Gasteiger partial charge in [-0.1, -0.05) is 11.3 Å². The second-order valence-corrected chi connectivity index (χ2v) is 6.78. The number of thioether (sulfide) groups is 1. The molecular weight excluding hydrogens is 278 g/mol. The molecule has 3 rings (SSSR count). The maximum atomic E-state index is 12.5. The first-order chi connectivity index (χ1) is 9.24. The van der Waals surface area contributed by atoms with Crippen molar-refractivity contribution in [2.24, 2.45) is 0 Å². The van der Waals surface area contributed by atoms with Crippen molar-refractivity contribution in [3.63, 3.8) is 0 Å². The molecule has 1 aromatic carbocycles. The van der Waals surface area contributed by atoms with Gasteiger partial charge in [0.2, 0.25) is 0 Å². The van der Waals surface area contributed by atoms with E-state index in [2.05, 4.69) is 4.98 Å². The highest BCUT2D eigenvalue weighted by atomic mass is 32.2. The Morgan fingerprint density at radius 2 is 2.21 bits per heavy atom. The van der Waals surface area contributed by atoms with Gasteiger partial charge in [-0.25, -0.2) is 4.98 Å². The summed E-state index contributed by atoms with van der Waals surface area (Å²) in [7, 11) is 0. The lowest BCUT2D eigenvalue weighted by atomic mass is 10.2. The quantitative estimate of drug-likeness (QED) is 0.877. The van der Waals surface area contributed by atoms with E-state index in [9.17, 15) is 4.79 Å². The average molecular weight is 293 g/mol. The minimum atomic E-state index is 0.122. The Hall–Kier alpha value is -1.27. The number of fused-ring (bicyclic) bond motifs is 1. The molecule has 0 unspecified atom stereocenters. The summed E-state index contributed by atoms with van der Waals surface area (Å²) in [6.07, 6.45) is 1.08. The molecule has 100 valence electrons. The molecule has 0 bridgehead atoms. The van der Waals surface area contributed by atoms with E-state index in [0.29, 0.717) is 5.13 Å². The molecule has 19 heavy (non-hydrogen) atoms. The van der Waals surface area contributed by atoms with Crippen LogP contribution < -0.4 is 5.73 Å². The molecule has 6 heteroatoms. The Kier molecular flexibility index (Phi) is 3.61. The lowest BCUT2D eigenvalue weighted by Gasteiger charge is -2.19. The van der Waals surface area contributed by atoms with Crippen LogP contribution in [-0.4, -0.2) is 40.4 Å². The highest BCUT2D eigenvalue weighted by Gasteiger charge is 2.18. The van der Waals surface area contributed by atoms with Crippen LogP contribution in [0.25, 0.3) is 10.2 Å². The number of amides is 1. The number of anilines is 1. The van der Waals surface area contributed by atoms with Crippen LogP contribution in [-0.2, 0) is 0 Å². The summed E-state index contributed by atoms with van der Waals surface area (Å²) in [5, 5.41) is 0.547. The van der Waals surface area contributed by atoms with Crippen LogP contribution in [0.1, 0.15) is 16.8 Å². The normalized spacial score (nSPS) is 16.5. The zero-order valence-corrected chi connectivity index (χ0v) is 12.1. The van der Waals surface area contributed by atoms with Crippen molar-refractivity contribution in [2.75, 3.05) is 30.3 Å². The Bertz CT molecular complexity index is 603. The topological polar surface area (TPSA) is 59.2 Å². The third-order valence-electron chi connectivity index (χ3n) is 3.16. The Morgan fingerprint density at radius 3 is 3.11 bits per heavy atom. The van der Waals surface area contributed by atoms with E-state index in [1.165, 1.54) is 11.3 Å². The predicted octanol–water partition coefficient (Wildman–Crippen LogP) is 2.46. The first-order valence-corrected chi connectivity index (χ1v) is 8.24. The van der Waals surface area contributed by atoms with Crippen LogP contribution in [0.5, 0.6) is 0 Å². The van der Waals surface area contributed by atoms with Crippen LogP contribution in [0, 0.1) is 0 Å². The zero-order valence-electron chi connectivity index (χ0n) is 10.5. The number of benzene rings is 1. The van der Waals surface area contributed by atoms with Gasteiger partial charge in [0, 0.05) is 24.4 Å². The van der Waals surface area contributed by atoms with E-state index >= 15 is 0 Å². The molecule has 0 atom stereocenters. The minimum Gasteiger partial charge on any atom is -0.375 e. The molecule has 0 radical (unpaired) electrons. The van der Waals surface area contributed by atoms with Crippen LogP contribution in [0.3, 0.4) is 0 Å². The highest BCUT2D eigenvalue weighted by molar-refractivity contribution is 7.99. The first-order valence-electron chi connectivity index (χ1n) is 6.27. The maximum absolute atomic E-state index is 12.5. The lowest BCUT2D eigenvalue weighted by Crippen LogP contribution is -2.32. The Labute approximate surface area is 120 Å². The fourth-order valence-corrected chi connectivity index (χ4v) is 3.87. The van der Waals surface area contributed by atoms with E-state index in [1.807, 2.05) is 34.9 Å². The Morgan fingerprint density at radius 1 is 1.32 bits per heavy atom. The number of thiazole rings is 1. The van der Waals surface area contributed by atoms with Crippen molar-refractivity contribution in [3.8, 4) is 0 Å². The van der Waals surface area contributed by atoms with E-state index in [-0.39, 0.29) is 5.91 Å². The number of hydrogen-bond acceptors (Lipinski definition) is 5. The number of carbonyl (C=O) groups excluding carboxylic acids is 1. The third-order valence-corrected chi connectivity index (χ3v) is 5.06. The van der Waals surface area contributed by atoms with Gasteiger partial charge < -0.3 is 10.6 Å². The molecule has 4 nitrogen and oxygen atoms in total. The van der Waals surface area contributed by atoms with Crippen molar-refractivity contribution < 1.29 is 4.79 Å². The van der Waals surface area contributed by atoms with E-state index < -0.39 is 0 Å². The largest absolute Gasteiger partial charge is 0.375 e. The molecule has 2 N–H and O–H groups in total. The standard InChI is InChI=1S/C13H15N3OS2/c14-13-15-10-3-2-9(8-11(10)19-13)12(17)16-4-1-6-18-7-5-16/h2-3,8H,1,4-7H2,(H2,14,15). The zero-order chi connectivity index (χ0) is 13.2. The number of nitrogens with zero attached hydrogens (tertiary/aromatic N) is 2. The molecule has 1 aliphatic heterocycles. The summed E-state index contributed by atoms with van der Waals surface area (Å²) in [5.74, 6) is 2.30. The van der Waals surface area contributed by atoms with Crippen molar-refractivity contribution in [2.45, 2.75) is 6.42 Å². The summed E-state index contributed by atoms with van der Waals surface area (Å²) in [6, 6.07) is 5.63. The molecule has 1 aromatic heterocycles. The molecule has 1 amide bonds. The first kappa shape index (κ1) is 12.7. The van der Waals surface area contributed by atoms with Gasteiger partial charge in [0.1, 0.15) is 0 Å². The van der Waals surface area contributed by atoms with Crippen LogP contribution >= 0.6 is 23.1 Å². The summed E-state index contributed by atoms with van der Waals surface area (Å²) in [4.78, 5) is 18.6. The number of rotatable bonds is 1. The molecule has 0 aliphatic carbocycles. The van der Waals surface area contributed by atoms with Crippen molar-refractivity contribution >= 4 is 44.4 Å². The van der Waals surface area contributed by atoms with Gasteiger partial charge in [0.15, 0.2) is 5.13 Å². The van der Waals surface area contributed by atoms with E-state index in [0.717, 1.165) is 46.8 Å². The number of nitrogen functional groups attached to an aromatic ring is 1. The minimum absolute atomic E-state index is 0.122. The number of nitrogens with two attached hydrogens (primary N) is 1. The average Bonchev–Trinajstić information content (AvgIpc) is 2.63.